The van der Waals surface area contributed by atoms with Crippen LogP contribution in [0.2, 0.25) is 0 Å². The summed E-state index contributed by atoms with van der Waals surface area (Å²) in [6.07, 6.45) is 4.00. The van der Waals surface area contributed by atoms with Crippen LogP contribution in [0.25, 0.3) is 10.9 Å². The summed E-state index contributed by atoms with van der Waals surface area (Å²) in [6, 6.07) is 7.72. The van der Waals surface area contributed by atoms with Gasteiger partial charge in [-0.05, 0) is 38.0 Å². The summed E-state index contributed by atoms with van der Waals surface area (Å²) in [5.74, 6) is 0. The van der Waals surface area contributed by atoms with Crippen molar-refractivity contribution in [1.82, 2.24) is 9.88 Å². The number of hydrogen-bond donors (Lipinski definition) is 3. The molecule has 1 saturated heterocycles. The molecule has 0 bridgehead atoms. The van der Waals surface area contributed by atoms with Crippen LogP contribution in [0.4, 0.5) is 10.5 Å². The van der Waals surface area contributed by atoms with Gasteiger partial charge in [-0.25, -0.2) is 4.79 Å². The number of anilines is 1. The predicted octanol–water partition coefficient (Wildman–Crippen LogP) is 2.95. The molecule has 2 aromatic rings. The van der Waals surface area contributed by atoms with E-state index in [2.05, 4.69) is 10.3 Å². The lowest BCUT2D eigenvalue weighted by Crippen LogP contribution is -2.63. The van der Waals surface area contributed by atoms with Crippen molar-refractivity contribution in [3.8, 4) is 0 Å². The first-order valence-corrected chi connectivity index (χ1v) is 9.06. The Labute approximate surface area is 147 Å². The average Bonchev–Trinajstić information content (AvgIpc) is 3.11. The highest BCUT2D eigenvalue weighted by atomic mass is 16.5. The largest absolute Gasteiger partial charge is 0.392 e. The second-order valence-corrected chi connectivity index (χ2v) is 7.09. The molecule has 2 amide bonds. The van der Waals surface area contributed by atoms with E-state index < -0.39 is 0 Å². The minimum Gasteiger partial charge on any atom is -0.392 e. The third kappa shape index (κ3) is 2.69. The van der Waals surface area contributed by atoms with Crippen LogP contribution >= 0.6 is 0 Å². The number of aliphatic hydroxyl groups is 1. The minimum absolute atomic E-state index is 0.0784. The van der Waals surface area contributed by atoms with Crippen LogP contribution in [0.3, 0.4) is 0 Å². The van der Waals surface area contributed by atoms with Crippen molar-refractivity contribution in [1.29, 1.82) is 0 Å². The zero-order valence-electron chi connectivity index (χ0n) is 14.5. The topological polar surface area (TPSA) is 77.6 Å². The van der Waals surface area contributed by atoms with Gasteiger partial charge in [0.15, 0.2) is 0 Å². The molecule has 0 radical (unpaired) electrons. The molecule has 1 saturated carbocycles. The molecule has 2 atom stereocenters. The lowest BCUT2D eigenvalue weighted by molar-refractivity contribution is -0.207. The summed E-state index contributed by atoms with van der Waals surface area (Å²) in [7, 11) is 0. The van der Waals surface area contributed by atoms with Crippen molar-refractivity contribution in [2.75, 3.05) is 25.0 Å². The third-order valence-electron chi connectivity index (χ3n) is 5.93. The second-order valence-electron chi connectivity index (χ2n) is 7.09. The number of aromatic nitrogens is 1. The maximum absolute atomic E-state index is 12.7. The number of amides is 2. The minimum atomic E-state index is -0.303. The number of hydrogen-bond acceptors (Lipinski definition) is 3. The van der Waals surface area contributed by atoms with Crippen LogP contribution in [0, 0.1) is 5.41 Å². The first-order valence-electron chi connectivity index (χ1n) is 9.06. The molecule has 2 aliphatic rings. The van der Waals surface area contributed by atoms with Crippen molar-refractivity contribution in [2.24, 2.45) is 5.41 Å². The summed E-state index contributed by atoms with van der Waals surface area (Å²) in [4.78, 5) is 17.6. The Morgan fingerprint density at radius 1 is 1.40 bits per heavy atom. The number of carbonyl (C=O) groups excluding carboxylic acids is 1. The summed E-state index contributed by atoms with van der Waals surface area (Å²) in [5.41, 5.74) is 1.67. The van der Waals surface area contributed by atoms with E-state index in [9.17, 15) is 9.90 Å². The molecule has 1 spiro atoms. The Bertz CT molecular complexity index is 762. The normalized spacial score (nSPS) is 25.1. The van der Waals surface area contributed by atoms with E-state index in [1.54, 1.807) is 0 Å². The molecule has 0 unspecified atom stereocenters. The van der Waals surface area contributed by atoms with Crippen LogP contribution < -0.4 is 5.32 Å². The van der Waals surface area contributed by atoms with E-state index in [0.29, 0.717) is 19.7 Å². The molecular weight excluding hydrogens is 318 g/mol. The van der Waals surface area contributed by atoms with Gasteiger partial charge in [0, 0.05) is 48.6 Å². The molecule has 1 aliphatic carbocycles. The van der Waals surface area contributed by atoms with Crippen LogP contribution in [0.15, 0.2) is 30.5 Å². The van der Waals surface area contributed by atoms with Crippen molar-refractivity contribution < 1.29 is 14.6 Å². The molecular formula is C19H25N3O3. The first kappa shape index (κ1) is 16.4. The molecule has 134 valence electrons. The van der Waals surface area contributed by atoms with Crippen LogP contribution in [-0.2, 0) is 4.74 Å². The zero-order valence-corrected chi connectivity index (χ0v) is 14.5. The number of aliphatic hydroxyl groups excluding tert-OH is 1. The van der Waals surface area contributed by atoms with Gasteiger partial charge in [0.2, 0.25) is 0 Å². The summed E-state index contributed by atoms with van der Waals surface area (Å²) in [6.45, 7) is 3.96. The lowest BCUT2D eigenvalue weighted by atomic mass is 9.58. The number of nitrogens with one attached hydrogen (secondary N) is 2. The van der Waals surface area contributed by atoms with Gasteiger partial charge in [-0.1, -0.05) is 6.07 Å². The fraction of sp³-hybridized carbons (Fsp3) is 0.526. The van der Waals surface area contributed by atoms with Crippen molar-refractivity contribution >= 4 is 22.6 Å². The monoisotopic (exact) mass is 343 g/mol. The Balaban J connectivity index is 1.41. The van der Waals surface area contributed by atoms with Crippen molar-refractivity contribution in [2.45, 2.75) is 38.4 Å². The molecule has 1 aromatic heterocycles. The van der Waals surface area contributed by atoms with Gasteiger partial charge in [-0.2, -0.15) is 0 Å². The number of piperidine rings is 1. The molecule has 6 heteroatoms. The van der Waals surface area contributed by atoms with Crippen LogP contribution in [-0.4, -0.2) is 52.9 Å². The van der Waals surface area contributed by atoms with Gasteiger partial charge in [-0.3, -0.25) is 0 Å². The molecule has 4 rings (SSSR count). The van der Waals surface area contributed by atoms with Gasteiger partial charge in [0.25, 0.3) is 0 Å². The maximum Gasteiger partial charge on any atom is 0.321 e. The Hall–Kier alpha value is -2.05. The van der Waals surface area contributed by atoms with E-state index >= 15 is 0 Å². The molecule has 25 heavy (non-hydrogen) atoms. The van der Waals surface area contributed by atoms with Crippen molar-refractivity contribution in [3.63, 3.8) is 0 Å². The molecule has 2 fully saturated rings. The molecule has 3 N–H and O–H groups in total. The smallest absolute Gasteiger partial charge is 0.321 e. The van der Waals surface area contributed by atoms with Crippen molar-refractivity contribution in [3.05, 3.63) is 30.5 Å². The number of benzene rings is 1. The Kier molecular flexibility index (Phi) is 4.17. The van der Waals surface area contributed by atoms with Crippen LogP contribution in [0.5, 0.6) is 0 Å². The lowest BCUT2D eigenvalue weighted by Gasteiger charge is -2.56. The van der Waals surface area contributed by atoms with Gasteiger partial charge in [-0.15, -0.1) is 0 Å². The fourth-order valence-corrected chi connectivity index (χ4v) is 4.33. The molecule has 1 aliphatic heterocycles. The van der Waals surface area contributed by atoms with E-state index in [1.165, 1.54) is 0 Å². The number of aromatic amines is 1. The van der Waals surface area contributed by atoms with Gasteiger partial charge in [0.05, 0.1) is 17.9 Å². The standard InChI is InChI=1S/C19H25N3O3/c1-2-25-17-12-16(23)19(17)7-10-22(11-8-19)18(24)21-15-5-3-4-14-13(15)6-9-20-14/h3-6,9,16-17,20,23H,2,7-8,10-12H2,1H3,(H,21,24)/t16-,17+/m1/s1. The number of rotatable bonds is 3. The second kappa shape index (κ2) is 6.35. The number of H-pyrrole nitrogens is 1. The Morgan fingerprint density at radius 3 is 2.92 bits per heavy atom. The summed E-state index contributed by atoms with van der Waals surface area (Å²) < 4.78 is 5.79. The molecule has 6 nitrogen and oxygen atoms in total. The molecule has 1 aromatic carbocycles. The zero-order chi connectivity index (χ0) is 17.4. The number of nitrogens with zero attached hydrogens (tertiary/aromatic N) is 1. The highest BCUT2D eigenvalue weighted by Crippen LogP contribution is 2.50. The van der Waals surface area contributed by atoms with E-state index in [1.807, 2.05) is 42.3 Å². The Morgan fingerprint density at radius 2 is 2.20 bits per heavy atom. The number of urea groups is 1. The predicted molar refractivity (Wildman–Crippen MR) is 96.6 cm³/mol. The quantitative estimate of drug-likeness (QED) is 0.802. The highest BCUT2D eigenvalue weighted by Gasteiger charge is 2.56. The number of carbonyl (C=O) groups is 1. The third-order valence-corrected chi connectivity index (χ3v) is 5.93. The van der Waals surface area contributed by atoms with E-state index in [0.717, 1.165) is 35.9 Å². The summed E-state index contributed by atoms with van der Waals surface area (Å²) in [5, 5.41) is 14.3. The SMILES string of the molecule is CCO[C@H]1C[C@@H](O)C12CCN(C(=O)Nc1cccc3[nH]ccc13)CC2. The highest BCUT2D eigenvalue weighted by molar-refractivity contribution is 6.00. The number of likely N-dealkylation sites (tertiary alicyclic amines) is 1. The van der Waals surface area contributed by atoms with Gasteiger partial charge >= 0.3 is 6.03 Å². The summed E-state index contributed by atoms with van der Waals surface area (Å²) >= 11 is 0. The van der Waals surface area contributed by atoms with Crippen LogP contribution in [0.1, 0.15) is 26.2 Å². The molecule has 2 heterocycles. The maximum atomic E-state index is 12.7. The van der Waals surface area contributed by atoms with Gasteiger partial charge < -0.3 is 25.0 Å². The fourth-order valence-electron chi connectivity index (χ4n) is 4.33. The van der Waals surface area contributed by atoms with E-state index in [4.69, 9.17) is 4.74 Å². The van der Waals surface area contributed by atoms with Gasteiger partial charge in [0.1, 0.15) is 0 Å². The number of ether oxygens (including phenoxy) is 1. The average molecular weight is 343 g/mol. The first-order chi connectivity index (χ1) is 12.1. The number of fused-ring (bicyclic) bond motifs is 1. The van der Waals surface area contributed by atoms with E-state index in [-0.39, 0.29) is 23.7 Å².